The molecule has 0 unspecified atom stereocenters. The fourth-order valence-electron chi connectivity index (χ4n) is 3.64. The lowest BCUT2D eigenvalue weighted by atomic mass is 9.94. The molecule has 1 saturated heterocycles. The molecule has 1 aromatic heterocycles. The molecule has 1 amide bonds. The van der Waals surface area contributed by atoms with Crippen LogP contribution in [0.4, 0.5) is 5.69 Å². The molecule has 31 heavy (non-hydrogen) atoms. The molecule has 2 aromatic carbocycles. The average molecular weight is 416 g/mol. The topological polar surface area (TPSA) is 100.0 Å². The van der Waals surface area contributed by atoms with Gasteiger partial charge >= 0.3 is 0 Å². The van der Waals surface area contributed by atoms with Crippen LogP contribution in [0.3, 0.4) is 0 Å². The maximum Gasteiger partial charge on any atom is 0.300 e. The van der Waals surface area contributed by atoms with Gasteiger partial charge in [-0.1, -0.05) is 35.9 Å². The fourth-order valence-corrected chi connectivity index (χ4v) is 3.64. The van der Waals surface area contributed by atoms with Crippen molar-refractivity contribution in [2.24, 2.45) is 0 Å². The van der Waals surface area contributed by atoms with Gasteiger partial charge in [-0.05, 0) is 36.8 Å². The summed E-state index contributed by atoms with van der Waals surface area (Å²) in [4.78, 5) is 31.4. The van der Waals surface area contributed by atoms with E-state index in [1.54, 1.807) is 36.5 Å². The Labute approximate surface area is 178 Å². The van der Waals surface area contributed by atoms with Gasteiger partial charge in [0.25, 0.3) is 11.7 Å². The Balaban J connectivity index is 1.96. The summed E-state index contributed by atoms with van der Waals surface area (Å²) in [7, 11) is 1.41. The van der Waals surface area contributed by atoms with Crippen molar-refractivity contribution in [3.63, 3.8) is 0 Å². The third kappa shape index (κ3) is 3.50. The van der Waals surface area contributed by atoms with E-state index in [4.69, 9.17) is 4.74 Å². The highest BCUT2D eigenvalue weighted by molar-refractivity contribution is 6.51. The Morgan fingerprint density at radius 2 is 1.84 bits per heavy atom. The number of amides is 1. The third-order valence-electron chi connectivity index (χ3n) is 5.21. The van der Waals surface area contributed by atoms with Crippen molar-refractivity contribution in [3.8, 4) is 11.5 Å². The van der Waals surface area contributed by atoms with E-state index < -0.39 is 17.7 Å². The number of carbonyl (C=O) groups excluding carboxylic acids is 2. The number of aromatic nitrogens is 1. The number of methoxy groups -OCH3 is 1. The molecule has 2 N–H and O–H groups in total. The second-order valence-corrected chi connectivity index (χ2v) is 7.18. The standard InChI is InChI=1S/C24H20N2O5/c1-14-5-7-15(8-6-14)22(28)20-21(16-9-10-18(27)19(12-16)31-2)26(24(30)23(20)29)17-4-3-11-25-13-17/h3-13,21,27-28H,1-2H3/t21-/m1/s1. The van der Waals surface area contributed by atoms with Gasteiger partial charge < -0.3 is 14.9 Å². The van der Waals surface area contributed by atoms with Gasteiger partial charge in [-0.25, -0.2) is 0 Å². The lowest BCUT2D eigenvalue weighted by Gasteiger charge is -2.25. The molecule has 0 spiro atoms. The molecule has 0 saturated carbocycles. The number of aryl methyl sites for hydroxylation is 1. The molecule has 2 heterocycles. The summed E-state index contributed by atoms with van der Waals surface area (Å²) in [5.74, 6) is -1.76. The smallest absolute Gasteiger partial charge is 0.300 e. The van der Waals surface area contributed by atoms with Crippen LogP contribution in [0.5, 0.6) is 11.5 Å². The number of carbonyl (C=O) groups is 2. The Morgan fingerprint density at radius 1 is 1.10 bits per heavy atom. The predicted molar refractivity (Wildman–Crippen MR) is 115 cm³/mol. The van der Waals surface area contributed by atoms with Crippen LogP contribution in [0.2, 0.25) is 0 Å². The zero-order valence-corrected chi connectivity index (χ0v) is 16.9. The van der Waals surface area contributed by atoms with Crippen molar-refractivity contribution in [1.82, 2.24) is 4.98 Å². The molecule has 0 bridgehead atoms. The molecule has 1 aliphatic heterocycles. The lowest BCUT2D eigenvalue weighted by molar-refractivity contribution is -0.132. The number of ketones is 1. The van der Waals surface area contributed by atoms with Gasteiger partial charge in [0, 0.05) is 11.8 Å². The average Bonchev–Trinajstić information content (AvgIpc) is 3.05. The molecule has 1 fully saturated rings. The Kier molecular flexibility index (Phi) is 5.17. The minimum Gasteiger partial charge on any atom is -0.507 e. The second kappa shape index (κ2) is 7.95. The quantitative estimate of drug-likeness (QED) is 0.382. The maximum atomic E-state index is 13.1. The number of aliphatic hydroxyl groups excluding tert-OH is 1. The van der Waals surface area contributed by atoms with Crippen molar-refractivity contribution >= 4 is 23.1 Å². The third-order valence-corrected chi connectivity index (χ3v) is 5.21. The van der Waals surface area contributed by atoms with Gasteiger partial charge in [0.2, 0.25) is 0 Å². The van der Waals surface area contributed by atoms with Crippen LogP contribution in [0.15, 0.2) is 72.6 Å². The van der Waals surface area contributed by atoms with Gasteiger partial charge in [-0.3, -0.25) is 19.5 Å². The van der Waals surface area contributed by atoms with Crippen LogP contribution in [0, 0.1) is 6.92 Å². The van der Waals surface area contributed by atoms with E-state index in [-0.39, 0.29) is 22.8 Å². The molecule has 0 radical (unpaired) electrons. The van der Waals surface area contributed by atoms with Crippen LogP contribution in [0.25, 0.3) is 5.76 Å². The van der Waals surface area contributed by atoms with Gasteiger partial charge in [0.1, 0.15) is 5.76 Å². The SMILES string of the molecule is COc1cc([C@@H]2C(=C(O)c3ccc(C)cc3)C(=O)C(=O)N2c2cccnc2)ccc1O. The normalized spacial score (nSPS) is 17.7. The summed E-state index contributed by atoms with van der Waals surface area (Å²) in [6.07, 6.45) is 3.03. The molecule has 4 rings (SSSR count). The van der Waals surface area contributed by atoms with E-state index in [0.717, 1.165) is 5.56 Å². The first kappa shape index (κ1) is 20.2. The Bertz CT molecular complexity index is 1190. The monoisotopic (exact) mass is 416 g/mol. The zero-order chi connectivity index (χ0) is 22.1. The minimum atomic E-state index is -0.931. The first-order valence-corrected chi connectivity index (χ1v) is 9.57. The van der Waals surface area contributed by atoms with Crippen molar-refractivity contribution < 1.29 is 24.5 Å². The summed E-state index contributed by atoms with van der Waals surface area (Å²) in [5.41, 5.74) is 2.26. The molecule has 3 aromatic rings. The highest BCUT2D eigenvalue weighted by atomic mass is 16.5. The van der Waals surface area contributed by atoms with Crippen LogP contribution in [0.1, 0.15) is 22.7 Å². The number of pyridine rings is 1. The molecule has 7 heteroatoms. The highest BCUT2D eigenvalue weighted by Gasteiger charge is 2.47. The van der Waals surface area contributed by atoms with E-state index in [9.17, 15) is 19.8 Å². The second-order valence-electron chi connectivity index (χ2n) is 7.18. The number of phenols is 1. The Hall–Kier alpha value is -4.13. The van der Waals surface area contributed by atoms with E-state index in [1.807, 2.05) is 19.1 Å². The van der Waals surface area contributed by atoms with Crippen LogP contribution in [-0.4, -0.2) is 34.0 Å². The number of Topliss-reactive ketones (excluding diaryl/α,β-unsaturated/α-hetero) is 1. The van der Waals surface area contributed by atoms with E-state index in [1.165, 1.54) is 30.3 Å². The summed E-state index contributed by atoms with van der Waals surface area (Å²) in [6, 6.07) is 13.9. The summed E-state index contributed by atoms with van der Waals surface area (Å²) in [6.45, 7) is 1.91. The number of aromatic hydroxyl groups is 1. The van der Waals surface area contributed by atoms with Gasteiger partial charge in [-0.2, -0.15) is 0 Å². The largest absolute Gasteiger partial charge is 0.507 e. The molecule has 1 aliphatic rings. The summed E-state index contributed by atoms with van der Waals surface area (Å²) in [5, 5.41) is 21.1. The predicted octanol–water partition coefficient (Wildman–Crippen LogP) is 3.73. The van der Waals surface area contributed by atoms with Crippen LogP contribution in [-0.2, 0) is 9.59 Å². The number of benzene rings is 2. The zero-order valence-electron chi connectivity index (χ0n) is 16.9. The van der Waals surface area contributed by atoms with E-state index in [2.05, 4.69) is 4.98 Å². The van der Waals surface area contributed by atoms with Gasteiger partial charge in [-0.15, -0.1) is 0 Å². The molecule has 0 aliphatic carbocycles. The van der Waals surface area contributed by atoms with Crippen molar-refractivity contribution in [2.45, 2.75) is 13.0 Å². The van der Waals surface area contributed by atoms with Crippen molar-refractivity contribution in [1.29, 1.82) is 0 Å². The lowest BCUT2D eigenvalue weighted by Crippen LogP contribution is -2.29. The molecule has 156 valence electrons. The van der Waals surface area contributed by atoms with Gasteiger partial charge in [0.05, 0.1) is 30.6 Å². The van der Waals surface area contributed by atoms with Gasteiger partial charge in [0.15, 0.2) is 11.5 Å². The number of nitrogens with zero attached hydrogens (tertiary/aromatic N) is 2. The molecular weight excluding hydrogens is 396 g/mol. The number of aliphatic hydroxyl groups is 1. The van der Waals surface area contributed by atoms with E-state index in [0.29, 0.717) is 16.8 Å². The molecule has 1 atom stereocenters. The first-order chi connectivity index (χ1) is 14.9. The van der Waals surface area contributed by atoms with Crippen LogP contribution >= 0.6 is 0 Å². The number of anilines is 1. The van der Waals surface area contributed by atoms with Crippen molar-refractivity contribution in [2.75, 3.05) is 12.0 Å². The number of hydrogen-bond donors (Lipinski definition) is 2. The first-order valence-electron chi connectivity index (χ1n) is 9.57. The molecular formula is C24H20N2O5. The summed E-state index contributed by atoms with van der Waals surface area (Å²) < 4.78 is 5.20. The number of ether oxygens (including phenoxy) is 1. The fraction of sp³-hybridized carbons (Fsp3) is 0.125. The number of hydrogen-bond acceptors (Lipinski definition) is 6. The number of phenolic OH excluding ortho intramolecular Hbond substituents is 1. The van der Waals surface area contributed by atoms with Crippen LogP contribution < -0.4 is 9.64 Å². The van der Waals surface area contributed by atoms with E-state index >= 15 is 0 Å². The Morgan fingerprint density at radius 3 is 2.48 bits per heavy atom. The maximum absolute atomic E-state index is 13.1. The summed E-state index contributed by atoms with van der Waals surface area (Å²) >= 11 is 0. The minimum absolute atomic E-state index is 0.0505. The molecule has 7 nitrogen and oxygen atoms in total. The highest BCUT2D eigenvalue weighted by Crippen LogP contribution is 2.43. The van der Waals surface area contributed by atoms with Crippen molar-refractivity contribution in [3.05, 3.63) is 89.3 Å². The number of rotatable bonds is 4.